The van der Waals surface area contributed by atoms with E-state index in [9.17, 15) is 9.59 Å². The van der Waals surface area contributed by atoms with E-state index in [0.29, 0.717) is 17.7 Å². The van der Waals surface area contributed by atoms with Gasteiger partial charge in [0, 0.05) is 30.2 Å². The molecule has 6 nitrogen and oxygen atoms in total. The number of hydrogen-bond acceptors (Lipinski definition) is 4. The molecule has 1 unspecified atom stereocenters. The Morgan fingerprint density at radius 2 is 1.97 bits per heavy atom. The second-order valence-corrected chi connectivity index (χ2v) is 8.08. The first kappa shape index (κ1) is 21.6. The summed E-state index contributed by atoms with van der Waals surface area (Å²) in [5, 5.41) is 5.81. The Labute approximate surface area is 181 Å². The van der Waals surface area contributed by atoms with Crippen LogP contribution in [-0.2, 0) is 11.3 Å². The lowest BCUT2D eigenvalue weighted by Crippen LogP contribution is -2.44. The van der Waals surface area contributed by atoms with Gasteiger partial charge in [-0.05, 0) is 55.2 Å². The predicted octanol–water partition coefficient (Wildman–Crippen LogP) is 3.73. The van der Waals surface area contributed by atoms with Gasteiger partial charge in [-0.3, -0.25) is 9.59 Å². The Morgan fingerprint density at radius 3 is 2.63 bits per heavy atom. The molecule has 3 rings (SSSR count). The Hall–Kier alpha value is -3.06. The van der Waals surface area contributed by atoms with Crippen LogP contribution in [0.2, 0.25) is 0 Å². The molecule has 0 bridgehead atoms. The van der Waals surface area contributed by atoms with Crippen molar-refractivity contribution in [3.05, 3.63) is 83.9 Å². The van der Waals surface area contributed by atoms with E-state index in [0.717, 1.165) is 23.4 Å². The maximum atomic E-state index is 12.8. The second kappa shape index (κ2) is 10.6. The van der Waals surface area contributed by atoms with E-state index in [4.69, 9.17) is 0 Å². The summed E-state index contributed by atoms with van der Waals surface area (Å²) >= 11 is 1.64. The molecule has 30 heavy (non-hydrogen) atoms. The summed E-state index contributed by atoms with van der Waals surface area (Å²) in [5.41, 5.74) is 3.37. The van der Waals surface area contributed by atoms with E-state index in [1.807, 2.05) is 66.4 Å². The Bertz CT molecular complexity index is 971. The van der Waals surface area contributed by atoms with Crippen molar-refractivity contribution in [2.45, 2.75) is 25.9 Å². The minimum Gasteiger partial charge on any atom is -0.340 e. The van der Waals surface area contributed by atoms with Crippen LogP contribution in [0.1, 0.15) is 27.9 Å². The van der Waals surface area contributed by atoms with E-state index in [1.54, 1.807) is 30.4 Å². The highest BCUT2D eigenvalue weighted by molar-refractivity contribution is 7.98. The van der Waals surface area contributed by atoms with Gasteiger partial charge in [-0.1, -0.05) is 29.8 Å². The van der Waals surface area contributed by atoms with Crippen molar-refractivity contribution in [1.82, 2.24) is 14.9 Å². The smallest absolute Gasteiger partial charge is 0.251 e. The van der Waals surface area contributed by atoms with Crippen molar-refractivity contribution >= 4 is 29.3 Å². The Balaban J connectivity index is 1.63. The molecule has 0 aliphatic rings. The summed E-state index contributed by atoms with van der Waals surface area (Å²) in [6, 6.07) is 14.4. The highest BCUT2D eigenvalue weighted by Crippen LogP contribution is 2.13. The molecular formula is C23H26N4O2S. The normalized spacial score (nSPS) is 11.7. The highest BCUT2D eigenvalue weighted by atomic mass is 32.2. The number of rotatable bonds is 9. The number of anilines is 1. The number of amides is 2. The lowest BCUT2D eigenvalue weighted by atomic mass is 10.1. The molecule has 0 spiro atoms. The van der Waals surface area contributed by atoms with Crippen LogP contribution < -0.4 is 10.6 Å². The van der Waals surface area contributed by atoms with Gasteiger partial charge >= 0.3 is 0 Å². The summed E-state index contributed by atoms with van der Waals surface area (Å²) in [7, 11) is 0. The van der Waals surface area contributed by atoms with Gasteiger partial charge in [-0.2, -0.15) is 11.8 Å². The van der Waals surface area contributed by atoms with Gasteiger partial charge in [0.25, 0.3) is 5.91 Å². The lowest BCUT2D eigenvalue weighted by molar-refractivity contribution is -0.118. The average molecular weight is 423 g/mol. The number of hydrogen-bond donors (Lipinski definition) is 2. The molecule has 1 atom stereocenters. The third-order valence-corrected chi connectivity index (χ3v) is 5.30. The first-order valence-corrected chi connectivity index (χ1v) is 11.2. The molecule has 1 aromatic heterocycles. The van der Waals surface area contributed by atoms with Crippen molar-refractivity contribution in [3.63, 3.8) is 0 Å². The van der Waals surface area contributed by atoms with Crippen LogP contribution in [0.4, 0.5) is 5.69 Å². The van der Waals surface area contributed by atoms with Gasteiger partial charge in [-0.15, -0.1) is 0 Å². The van der Waals surface area contributed by atoms with E-state index < -0.39 is 6.04 Å². The minimum absolute atomic E-state index is 0.215. The molecule has 2 N–H and O–H groups in total. The molecule has 1 heterocycles. The van der Waals surface area contributed by atoms with Crippen LogP contribution in [0, 0.1) is 6.92 Å². The van der Waals surface area contributed by atoms with Crippen LogP contribution in [0.25, 0.3) is 0 Å². The number of imidazole rings is 1. The first-order valence-electron chi connectivity index (χ1n) is 9.77. The van der Waals surface area contributed by atoms with Crippen molar-refractivity contribution in [3.8, 4) is 0 Å². The summed E-state index contributed by atoms with van der Waals surface area (Å²) in [6.07, 6.45) is 7.96. The molecule has 3 aromatic rings. The molecule has 0 fully saturated rings. The van der Waals surface area contributed by atoms with E-state index in [-0.39, 0.29) is 11.8 Å². The third-order valence-electron chi connectivity index (χ3n) is 4.66. The number of nitrogens with zero attached hydrogens (tertiary/aromatic N) is 2. The fourth-order valence-electron chi connectivity index (χ4n) is 3.05. The zero-order chi connectivity index (χ0) is 21.3. The van der Waals surface area contributed by atoms with Gasteiger partial charge in [0.05, 0.1) is 6.33 Å². The predicted molar refractivity (Wildman–Crippen MR) is 122 cm³/mol. The first-order chi connectivity index (χ1) is 14.5. The minimum atomic E-state index is -0.601. The lowest BCUT2D eigenvalue weighted by Gasteiger charge is -2.18. The van der Waals surface area contributed by atoms with E-state index >= 15 is 0 Å². The summed E-state index contributed by atoms with van der Waals surface area (Å²) < 4.78 is 1.98. The molecule has 0 saturated carbocycles. The molecule has 7 heteroatoms. The quantitative estimate of drug-likeness (QED) is 0.551. The summed E-state index contributed by atoms with van der Waals surface area (Å²) in [5.74, 6) is 0.318. The largest absolute Gasteiger partial charge is 0.340 e. The summed E-state index contributed by atoms with van der Waals surface area (Å²) in [4.78, 5) is 29.5. The number of nitrogens with one attached hydrogen (secondary N) is 2. The molecule has 0 aliphatic heterocycles. The fourth-order valence-corrected chi connectivity index (χ4v) is 3.52. The number of aromatic nitrogens is 2. The maximum absolute atomic E-state index is 12.8. The third kappa shape index (κ3) is 6.22. The molecule has 156 valence electrons. The van der Waals surface area contributed by atoms with E-state index in [2.05, 4.69) is 15.6 Å². The number of thioether (sulfide) groups is 1. The van der Waals surface area contributed by atoms with Crippen LogP contribution in [0.15, 0.2) is 67.3 Å². The van der Waals surface area contributed by atoms with Crippen molar-refractivity contribution in [1.29, 1.82) is 0 Å². The van der Waals surface area contributed by atoms with Gasteiger partial charge in [0.2, 0.25) is 5.91 Å². The number of aryl methyl sites for hydroxylation is 1. The van der Waals surface area contributed by atoms with Crippen molar-refractivity contribution < 1.29 is 9.59 Å². The molecule has 2 amide bonds. The Kier molecular flexibility index (Phi) is 7.68. The SMILES string of the molecule is CSCCC(NC(=O)c1cccc(C)c1)C(=O)Nc1ccc(Cn2ccnc2)cc1. The van der Waals surface area contributed by atoms with Gasteiger partial charge < -0.3 is 15.2 Å². The van der Waals surface area contributed by atoms with Crippen LogP contribution in [-0.4, -0.2) is 39.4 Å². The van der Waals surface area contributed by atoms with Gasteiger partial charge in [-0.25, -0.2) is 4.98 Å². The highest BCUT2D eigenvalue weighted by Gasteiger charge is 2.21. The van der Waals surface area contributed by atoms with Crippen molar-refractivity contribution in [2.75, 3.05) is 17.3 Å². The Morgan fingerprint density at radius 1 is 1.17 bits per heavy atom. The van der Waals surface area contributed by atoms with Crippen LogP contribution in [0.3, 0.4) is 0 Å². The molecular weight excluding hydrogens is 396 g/mol. The standard InChI is InChI=1S/C23H26N4O2S/c1-17-4-3-5-19(14-17)22(28)26-21(10-13-30-2)23(29)25-20-8-6-18(7-9-20)15-27-12-11-24-16-27/h3-9,11-12,14,16,21H,10,13,15H2,1-2H3,(H,25,29)(H,26,28). The molecule has 2 aromatic carbocycles. The van der Waals surface area contributed by atoms with Gasteiger partial charge in [0.15, 0.2) is 0 Å². The van der Waals surface area contributed by atoms with Crippen molar-refractivity contribution in [2.24, 2.45) is 0 Å². The number of carbonyl (C=O) groups is 2. The monoisotopic (exact) mass is 422 g/mol. The number of carbonyl (C=O) groups excluding carboxylic acids is 2. The van der Waals surface area contributed by atoms with Crippen LogP contribution in [0.5, 0.6) is 0 Å². The van der Waals surface area contributed by atoms with Crippen LogP contribution >= 0.6 is 11.8 Å². The average Bonchev–Trinajstić information content (AvgIpc) is 3.25. The number of benzene rings is 2. The second-order valence-electron chi connectivity index (χ2n) is 7.10. The topological polar surface area (TPSA) is 76.0 Å². The zero-order valence-corrected chi connectivity index (χ0v) is 18.0. The fraction of sp³-hybridized carbons (Fsp3) is 0.261. The maximum Gasteiger partial charge on any atom is 0.251 e. The molecule has 0 saturated heterocycles. The zero-order valence-electron chi connectivity index (χ0n) is 17.2. The molecule has 0 aliphatic carbocycles. The molecule has 0 radical (unpaired) electrons. The van der Waals surface area contributed by atoms with Gasteiger partial charge in [0.1, 0.15) is 6.04 Å². The summed E-state index contributed by atoms with van der Waals surface area (Å²) in [6.45, 7) is 2.66. The van der Waals surface area contributed by atoms with E-state index in [1.165, 1.54) is 0 Å².